The molecule has 0 bridgehead atoms. The number of likely N-dealkylation sites (N-methyl/N-ethyl adjacent to an activating group) is 1. The quantitative estimate of drug-likeness (QED) is 0.600. The van der Waals surface area contributed by atoms with E-state index in [2.05, 4.69) is 11.2 Å². The summed E-state index contributed by atoms with van der Waals surface area (Å²) in [6.07, 6.45) is 4.53. The van der Waals surface area contributed by atoms with E-state index in [0.29, 0.717) is 0 Å². The van der Waals surface area contributed by atoms with Crippen molar-refractivity contribution in [3.63, 3.8) is 0 Å². The normalized spacial score (nSPS) is 12.2. The van der Waals surface area contributed by atoms with E-state index < -0.39 is 23.6 Å². The van der Waals surface area contributed by atoms with Crippen molar-refractivity contribution in [1.29, 1.82) is 0 Å². The first-order valence-corrected chi connectivity index (χ1v) is 5.46. The molecular weight excluding hydrogens is 236 g/mol. The maximum Gasteiger partial charge on any atom is 0.408 e. The molecule has 0 aromatic heterocycles. The van der Waals surface area contributed by atoms with Gasteiger partial charge in [0.15, 0.2) is 0 Å². The summed E-state index contributed by atoms with van der Waals surface area (Å²) in [5, 5.41) is 3.41. The van der Waals surface area contributed by atoms with Crippen LogP contribution in [0.5, 0.6) is 0 Å². The smallest absolute Gasteiger partial charge is 0.408 e. The van der Waals surface area contributed by atoms with Crippen molar-refractivity contribution in [2.45, 2.75) is 38.8 Å². The molecular formula is C12H20N2O4. The third-order valence-electron chi connectivity index (χ3n) is 1.90. The van der Waals surface area contributed by atoms with Gasteiger partial charge in [0.1, 0.15) is 11.6 Å². The summed E-state index contributed by atoms with van der Waals surface area (Å²) in [5.41, 5.74) is -0.638. The molecule has 0 aromatic rings. The Morgan fingerprint density at radius 3 is 2.39 bits per heavy atom. The molecule has 6 nitrogen and oxygen atoms in total. The molecule has 18 heavy (non-hydrogen) atoms. The molecule has 6 heteroatoms. The molecule has 0 radical (unpaired) electrons. The van der Waals surface area contributed by atoms with Gasteiger partial charge in [-0.05, 0) is 20.8 Å². The van der Waals surface area contributed by atoms with E-state index >= 15 is 0 Å². The van der Waals surface area contributed by atoms with Crippen molar-refractivity contribution in [3.05, 3.63) is 0 Å². The molecule has 0 rings (SSSR count). The van der Waals surface area contributed by atoms with Gasteiger partial charge in [-0.3, -0.25) is 9.63 Å². The van der Waals surface area contributed by atoms with Crippen LogP contribution in [0.15, 0.2) is 0 Å². The molecule has 0 fully saturated rings. The van der Waals surface area contributed by atoms with Crippen LogP contribution < -0.4 is 5.32 Å². The fourth-order valence-corrected chi connectivity index (χ4v) is 1.08. The zero-order valence-electron chi connectivity index (χ0n) is 11.4. The predicted molar refractivity (Wildman–Crippen MR) is 66.4 cm³/mol. The maximum atomic E-state index is 11.8. The number of hydrogen-bond donors (Lipinski definition) is 1. The largest absolute Gasteiger partial charge is 0.444 e. The highest BCUT2D eigenvalue weighted by molar-refractivity contribution is 5.85. The van der Waals surface area contributed by atoms with Gasteiger partial charge in [-0.2, -0.15) is 0 Å². The highest BCUT2D eigenvalue weighted by Crippen LogP contribution is 2.07. The Bertz CT molecular complexity index is 341. The summed E-state index contributed by atoms with van der Waals surface area (Å²) >= 11 is 0. The Labute approximate surface area is 108 Å². The van der Waals surface area contributed by atoms with Gasteiger partial charge in [0.25, 0.3) is 5.91 Å². The summed E-state index contributed by atoms with van der Waals surface area (Å²) in [6.45, 7) is 5.18. The molecule has 0 aliphatic carbocycles. The van der Waals surface area contributed by atoms with Crippen LogP contribution in [0, 0.1) is 12.3 Å². The van der Waals surface area contributed by atoms with Crippen LogP contribution in [0.1, 0.15) is 27.2 Å². The van der Waals surface area contributed by atoms with Crippen molar-refractivity contribution in [3.8, 4) is 12.3 Å². The van der Waals surface area contributed by atoms with E-state index in [9.17, 15) is 9.59 Å². The van der Waals surface area contributed by atoms with Crippen LogP contribution in [0.3, 0.4) is 0 Å². The highest BCUT2D eigenvalue weighted by Gasteiger charge is 2.26. The van der Waals surface area contributed by atoms with Crippen LogP contribution in [0.25, 0.3) is 0 Å². The second-order valence-electron chi connectivity index (χ2n) is 4.63. The van der Waals surface area contributed by atoms with Crippen LogP contribution in [0.4, 0.5) is 4.79 Å². The minimum atomic E-state index is -0.866. The summed E-state index contributed by atoms with van der Waals surface area (Å²) in [6, 6.07) is -0.866. The standard InChI is InChI=1S/C12H20N2O4/c1-7-8-9(10(15)14(5)17-6)13-11(16)18-12(2,3)4/h1,9H,8H2,2-6H3,(H,13,16)/t9-/m0/s1. The Balaban J connectivity index is 4.59. The molecule has 0 unspecified atom stereocenters. The van der Waals surface area contributed by atoms with Gasteiger partial charge >= 0.3 is 6.09 Å². The van der Waals surface area contributed by atoms with Crippen molar-refractivity contribution >= 4 is 12.0 Å². The van der Waals surface area contributed by atoms with Gasteiger partial charge in [0, 0.05) is 13.5 Å². The van der Waals surface area contributed by atoms with Gasteiger partial charge in [-0.15, -0.1) is 12.3 Å². The molecule has 2 amide bonds. The number of hydrogen-bond acceptors (Lipinski definition) is 4. The van der Waals surface area contributed by atoms with E-state index in [1.54, 1.807) is 20.8 Å². The Hall–Kier alpha value is -1.74. The van der Waals surface area contributed by atoms with Gasteiger partial charge in [0.2, 0.25) is 0 Å². The van der Waals surface area contributed by atoms with Crippen molar-refractivity contribution in [1.82, 2.24) is 10.4 Å². The third-order valence-corrected chi connectivity index (χ3v) is 1.90. The lowest BCUT2D eigenvalue weighted by molar-refractivity contribution is -0.170. The number of nitrogens with zero attached hydrogens (tertiary/aromatic N) is 1. The number of carbonyl (C=O) groups excluding carboxylic acids is 2. The van der Waals surface area contributed by atoms with Gasteiger partial charge < -0.3 is 10.1 Å². The number of nitrogens with one attached hydrogen (secondary N) is 1. The topological polar surface area (TPSA) is 67.9 Å². The summed E-state index contributed by atoms with van der Waals surface area (Å²) in [4.78, 5) is 28.1. The van der Waals surface area contributed by atoms with Crippen LogP contribution >= 0.6 is 0 Å². The number of alkyl carbamates (subject to hydrolysis) is 1. The van der Waals surface area contributed by atoms with E-state index in [1.165, 1.54) is 14.2 Å². The molecule has 0 aliphatic heterocycles. The number of terminal acetylenes is 1. The predicted octanol–water partition coefficient (Wildman–Crippen LogP) is 0.923. The first kappa shape index (κ1) is 16.3. The van der Waals surface area contributed by atoms with Crippen molar-refractivity contribution in [2.75, 3.05) is 14.2 Å². The zero-order chi connectivity index (χ0) is 14.3. The van der Waals surface area contributed by atoms with Gasteiger partial charge in [0.05, 0.1) is 7.11 Å². The van der Waals surface area contributed by atoms with Crippen molar-refractivity contribution in [2.24, 2.45) is 0 Å². The Morgan fingerprint density at radius 2 is 2.00 bits per heavy atom. The van der Waals surface area contributed by atoms with Crippen molar-refractivity contribution < 1.29 is 19.2 Å². The average Bonchev–Trinajstić information content (AvgIpc) is 2.23. The minimum absolute atomic E-state index is 0.0613. The van der Waals surface area contributed by atoms with Gasteiger partial charge in [-0.1, -0.05) is 0 Å². The maximum absolute atomic E-state index is 11.8. The molecule has 0 saturated carbocycles. The second-order valence-corrected chi connectivity index (χ2v) is 4.63. The Kier molecular flexibility index (Phi) is 6.20. The molecule has 1 atom stereocenters. The highest BCUT2D eigenvalue weighted by atomic mass is 16.7. The second kappa shape index (κ2) is 6.87. The number of hydroxylamine groups is 2. The molecule has 0 aliphatic rings. The lowest BCUT2D eigenvalue weighted by Crippen LogP contribution is -2.48. The summed E-state index contributed by atoms with van der Waals surface area (Å²) in [7, 11) is 2.78. The number of amides is 2. The first-order valence-electron chi connectivity index (χ1n) is 5.46. The number of carbonyl (C=O) groups is 2. The fourth-order valence-electron chi connectivity index (χ4n) is 1.08. The van der Waals surface area contributed by atoms with Crippen LogP contribution in [0.2, 0.25) is 0 Å². The molecule has 1 N–H and O–H groups in total. The third kappa shape index (κ3) is 6.11. The van der Waals surface area contributed by atoms with E-state index in [1.807, 2.05) is 0 Å². The molecule has 0 heterocycles. The number of rotatable bonds is 4. The Morgan fingerprint density at radius 1 is 1.44 bits per heavy atom. The first-order chi connectivity index (χ1) is 8.21. The molecule has 0 saturated heterocycles. The minimum Gasteiger partial charge on any atom is -0.444 e. The van der Waals surface area contributed by atoms with Crippen LogP contribution in [-0.2, 0) is 14.4 Å². The summed E-state index contributed by atoms with van der Waals surface area (Å²) in [5.74, 6) is 1.88. The van der Waals surface area contributed by atoms with E-state index in [0.717, 1.165) is 5.06 Å². The molecule has 0 spiro atoms. The summed E-state index contributed by atoms with van der Waals surface area (Å²) < 4.78 is 5.05. The molecule has 0 aromatic carbocycles. The van der Waals surface area contributed by atoms with E-state index in [-0.39, 0.29) is 6.42 Å². The zero-order valence-corrected chi connectivity index (χ0v) is 11.4. The lowest BCUT2D eigenvalue weighted by Gasteiger charge is -2.24. The molecule has 102 valence electrons. The number of ether oxygens (including phenoxy) is 1. The van der Waals surface area contributed by atoms with Gasteiger partial charge in [-0.25, -0.2) is 9.86 Å². The van der Waals surface area contributed by atoms with E-state index in [4.69, 9.17) is 16.0 Å². The fraction of sp³-hybridized carbons (Fsp3) is 0.667. The SMILES string of the molecule is C#CC[C@H](NC(=O)OC(C)(C)C)C(=O)N(C)OC. The average molecular weight is 256 g/mol. The monoisotopic (exact) mass is 256 g/mol. The lowest BCUT2D eigenvalue weighted by atomic mass is 10.2. The van der Waals surface area contributed by atoms with Crippen LogP contribution in [-0.4, -0.2) is 42.9 Å².